The average molecular weight is 356 g/mol. The molecule has 3 rings (SSSR count). The zero-order chi connectivity index (χ0) is 17.6. The van der Waals surface area contributed by atoms with Crippen LogP contribution >= 0.6 is 11.8 Å². The molecule has 1 heterocycles. The smallest absolute Gasteiger partial charge is 0.230 e. The summed E-state index contributed by atoms with van der Waals surface area (Å²) in [5.41, 5.74) is 2.57. The molecule has 0 aliphatic heterocycles. The van der Waals surface area contributed by atoms with Crippen LogP contribution < -0.4 is 11.2 Å². The van der Waals surface area contributed by atoms with E-state index in [0.717, 1.165) is 16.8 Å². The molecule has 0 aliphatic rings. The first-order chi connectivity index (χ1) is 12.1. The number of amides is 1. The van der Waals surface area contributed by atoms with Gasteiger partial charge >= 0.3 is 0 Å². The quantitative estimate of drug-likeness (QED) is 0.526. The molecule has 5 nitrogen and oxygen atoms in total. The van der Waals surface area contributed by atoms with Crippen molar-refractivity contribution >= 4 is 17.7 Å². The molecule has 0 aliphatic carbocycles. The van der Waals surface area contributed by atoms with Gasteiger partial charge in [0.05, 0.1) is 17.6 Å². The molecular weight excluding hydrogens is 339 g/mol. The number of nitrogen functional groups attached to an aromatic ring is 1. The SMILES string of the molecule is Nn1cc(-c2ccccc2)nc1SCC(=O)NCc1ccc(F)cc1. The fourth-order valence-corrected chi connectivity index (χ4v) is 2.94. The van der Waals surface area contributed by atoms with Gasteiger partial charge < -0.3 is 11.2 Å². The van der Waals surface area contributed by atoms with Crippen LogP contribution in [0.3, 0.4) is 0 Å². The molecule has 3 N–H and O–H groups in total. The fraction of sp³-hybridized carbons (Fsp3) is 0.111. The molecule has 0 fully saturated rings. The lowest BCUT2D eigenvalue weighted by molar-refractivity contribution is -0.118. The number of carbonyl (C=O) groups is 1. The second kappa shape index (κ2) is 7.85. The number of rotatable bonds is 6. The number of halogens is 1. The van der Waals surface area contributed by atoms with Crippen molar-refractivity contribution < 1.29 is 9.18 Å². The van der Waals surface area contributed by atoms with E-state index in [9.17, 15) is 9.18 Å². The Morgan fingerprint density at radius 2 is 1.88 bits per heavy atom. The normalized spacial score (nSPS) is 10.6. The number of hydrogen-bond acceptors (Lipinski definition) is 4. The number of nitrogens with zero attached hydrogens (tertiary/aromatic N) is 2. The van der Waals surface area contributed by atoms with Gasteiger partial charge in [-0.3, -0.25) is 4.79 Å². The van der Waals surface area contributed by atoms with E-state index in [0.29, 0.717) is 11.7 Å². The summed E-state index contributed by atoms with van der Waals surface area (Å²) in [6.07, 6.45) is 1.73. The lowest BCUT2D eigenvalue weighted by Crippen LogP contribution is -2.24. The number of thioether (sulfide) groups is 1. The van der Waals surface area contributed by atoms with E-state index in [4.69, 9.17) is 5.84 Å². The second-order valence-electron chi connectivity index (χ2n) is 5.37. The molecule has 1 amide bonds. The summed E-state index contributed by atoms with van der Waals surface area (Å²) < 4.78 is 14.3. The molecule has 0 atom stereocenters. The number of carbonyl (C=O) groups excluding carboxylic acids is 1. The van der Waals surface area contributed by atoms with Gasteiger partial charge in [0.1, 0.15) is 5.82 Å². The predicted octanol–water partition coefficient (Wildman–Crippen LogP) is 2.81. The van der Waals surface area contributed by atoms with E-state index in [1.165, 1.54) is 28.6 Å². The Balaban J connectivity index is 1.53. The van der Waals surface area contributed by atoms with Gasteiger partial charge in [0, 0.05) is 12.1 Å². The Labute approximate surface area is 149 Å². The lowest BCUT2D eigenvalue weighted by atomic mass is 10.2. The summed E-state index contributed by atoms with van der Waals surface area (Å²) in [5.74, 6) is 5.67. The molecule has 7 heteroatoms. The predicted molar refractivity (Wildman–Crippen MR) is 96.8 cm³/mol. The summed E-state index contributed by atoms with van der Waals surface area (Å²) in [7, 11) is 0. The van der Waals surface area contributed by atoms with Crippen LogP contribution in [0.5, 0.6) is 0 Å². The first-order valence-corrected chi connectivity index (χ1v) is 8.64. The van der Waals surface area contributed by atoms with Crippen LogP contribution in [0.4, 0.5) is 4.39 Å². The minimum absolute atomic E-state index is 0.140. The minimum Gasteiger partial charge on any atom is -0.351 e. The maximum Gasteiger partial charge on any atom is 0.230 e. The van der Waals surface area contributed by atoms with E-state index >= 15 is 0 Å². The molecule has 0 bridgehead atoms. The van der Waals surface area contributed by atoms with Crippen LogP contribution in [0.2, 0.25) is 0 Å². The van der Waals surface area contributed by atoms with Crippen LogP contribution in [-0.2, 0) is 11.3 Å². The Kier molecular flexibility index (Phi) is 5.35. The third-order valence-corrected chi connectivity index (χ3v) is 4.47. The number of nitrogens with two attached hydrogens (primary N) is 1. The first kappa shape index (κ1) is 17.0. The van der Waals surface area contributed by atoms with Crippen molar-refractivity contribution in [1.82, 2.24) is 15.0 Å². The van der Waals surface area contributed by atoms with Crippen LogP contribution in [0.15, 0.2) is 66.0 Å². The number of nitrogens with one attached hydrogen (secondary N) is 1. The highest BCUT2D eigenvalue weighted by atomic mass is 32.2. The molecule has 1 aromatic heterocycles. The summed E-state index contributed by atoms with van der Waals surface area (Å²) in [5, 5.41) is 3.35. The molecular formula is C18H17FN4OS. The Morgan fingerprint density at radius 3 is 2.60 bits per heavy atom. The number of imidazole rings is 1. The van der Waals surface area contributed by atoms with Gasteiger partial charge in [0.2, 0.25) is 5.91 Å². The highest BCUT2D eigenvalue weighted by Gasteiger charge is 2.10. The lowest BCUT2D eigenvalue weighted by Gasteiger charge is -2.05. The van der Waals surface area contributed by atoms with Crippen LogP contribution in [0.25, 0.3) is 11.3 Å². The number of aromatic nitrogens is 2. The maximum atomic E-state index is 12.8. The largest absolute Gasteiger partial charge is 0.351 e. The van der Waals surface area contributed by atoms with Crippen molar-refractivity contribution in [3.8, 4) is 11.3 Å². The van der Waals surface area contributed by atoms with Crippen molar-refractivity contribution in [3.05, 3.63) is 72.2 Å². The third kappa shape index (κ3) is 4.60. The van der Waals surface area contributed by atoms with Crippen molar-refractivity contribution in [3.63, 3.8) is 0 Å². The van der Waals surface area contributed by atoms with E-state index in [1.807, 2.05) is 30.3 Å². The van der Waals surface area contributed by atoms with Gasteiger partial charge in [-0.25, -0.2) is 14.1 Å². The zero-order valence-electron chi connectivity index (χ0n) is 13.4. The average Bonchev–Trinajstić information content (AvgIpc) is 3.01. The second-order valence-corrected chi connectivity index (χ2v) is 6.32. The van der Waals surface area contributed by atoms with Gasteiger partial charge in [0.25, 0.3) is 0 Å². The van der Waals surface area contributed by atoms with E-state index in [1.54, 1.807) is 18.3 Å². The van der Waals surface area contributed by atoms with Crippen molar-refractivity contribution in [2.24, 2.45) is 0 Å². The minimum atomic E-state index is -0.297. The van der Waals surface area contributed by atoms with Gasteiger partial charge in [-0.1, -0.05) is 54.2 Å². The van der Waals surface area contributed by atoms with Crippen LogP contribution in [-0.4, -0.2) is 21.3 Å². The molecule has 0 spiro atoms. The van der Waals surface area contributed by atoms with Gasteiger partial charge in [-0.15, -0.1) is 0 Å². The molecule has 128 valence electrons. The first-order valence-electron chi connectivity index (χ1n) is 7.65. The Bertz CT molecular complexity index is 849. The molecule has 0 unspecified atom stereocenters. The van der Waals surface area contributed by atoms with Gasteiger partial charge in [-0.2, -0.15) is 0 Å². The Hall–Kier alpha value is -2.80. The van der Waals surface area contributed by atoms with E-state index in [2.05, 4.69) is 10.3 Å². The van der Waals surface area contributed by atoms with Gasteiger partial charge in [-0.05, 0) is 17.7 Å². The molecule has 2 aromatic carbocycles. The summed E-state index contributed by atoms with van der Waals surface area (Å²) in [6, 6.07) is 15.7. The molecule has 25 heavy (non-hydrogen) atoms. The standard InChI is InChI=1S/C18H17FN4OS/c19-15-8-6-13(7-9-15)10-21-17(24)12-25-18-22-16(11-23(18)20)14-4-2-1-3-5-14/h1-9,11H,10,12,20H2,(H,21,24). The van der Waals surface area contributed by atoms with Crippen LogP contribution in [0, 0.1) is 5.82 Å². The summed E-state index contributed by atoms with van der Waals surface area (Å²) >= 11 is 1.26. The monoisotopic (exact) mass is 356 g/mol. The van der Waals surface area contributed by atoms with E-state index < -0.39 is 0 Å². The molecule has 0 radical (unpaired) electrons. The summed E-state index contributed by atoms with van der Waals surface area (Å²) in [6.45, 7) is 0.353. The zero-order valence-corrected chi connectivity index (χ0v) is 14.2. The number of benzene rings is 2. The van der Waals surface area contributed by atoms with Crippen LogP contribution in [0.1, 0.15) is 5.56 Å². The van der Waals surface area contributed by atoms with Gasteiger partial charge in [0.15, 0.2) is 5.16 Å². The fourth-order valence-electron chi connectivity index (χ4n) is 2.22. The number of hydrogen-bond donors (Lipinski definition) is 2. The highest BCUT2D eigenvalue weighted by Crippen LogP contribution is 2.22. The van der Waals surface area contributed by atoms with Crippen molar-refractivity contribution in [2.45, 2.75) is 11.7 Å². The van der Waals surface area contributed by atoms with Crippen molar-refractivity contribution in [1.29, 1.82) is 0 Å². The topological polar surface area (TPSA) is 72.9 Å². The molecule has 0 saturated carbocycles. The summed E-state index contributed by atoms with van der Waals surface area (Å²) in [4.78, 5) is 16.4. The molecule has 3 aromatic rings. The van der Waals surface area contributed by atoms with Crippen molar-refractivity contribution in [2.75, 3.05) is 11.6 Å². The van der Waals surface area contributed by atoms with E-state index in [-0.39, 0.29) is 17.5 Å². The maximum absolute atomic E-state index is 12.8. The third-order valence-electron chi connectivity index (χ3n) is 3.50. The molecule has 0 saturated heterocycles. The Morgan fingerprint density at radius 1 is 1.16 bits per heavy atom. The highest BCUT2D eigenvalue weighted by molar-refractivity contribution is 7.99.